The van der Waals surface area contributed by atoms with Crippen LogP contribution in [-0.2, 0) is 0 Å². The number of halogens is 1. The number of nitrogens with one attached hydrogen (secondary N) is 1. The maximum Gasteiger partial charge on any atom is 0.275 e. The standard InChI is InChI=1S/C17H16ClN3O/c1-10-7-11(2)16(13(18)8-10)20-17(22)14-9-21-12(3)5-4-6-15(21)19-14/h4-9H,1-3H3,(H,20,22). The zero-order valence-corrected chi connectivity index (χ0v) is 13.4. The van der Waals surface area contributed by atoms with Crippen molar-refractivity contribution in [1.82, 2.24) is 9.38 Å². The monoisotopic (exact) mass is 313 g/mol. The van der Waals surface area contributed by atoms with E-state index in [9.17, 15) is 4.79 Å². The van der Waals surface area contributed by atoms with Crippen LogP contribution in [0, 0.1) is 20.8 Å². The second-order valence-electron chi connectivity index (χ2n) is 5.41. The summed E-state index contributed by atoms with van der Waals surface area (Å²) in [6.07, 6.45) is 1.73. The van der Waals surface area contributed by atoms with E-state index in [0.29, 0.717) is 16.4 Å². The fraction of sp³-hybridized carbons (Fsp3) is 0.176. The first-order valence-corrected chi connectivity index (χ1v) is 7.36. The molecule has 1 aromatic carbocycles. The summed E-state index contributed by atoms with van der Waals surface area (Å²) in [6.45, 7) is 5.86. The van der Waals surface area contributed by atoms with Crippen molar-refractivity contribution in [3.8, 4) is 0 Å². The lowest BCUT2D eigenvalue weighted by Crippen LogP contribution is -2.13. The molecular formula is C17H16ClN3O. The Morgan fingerprint density at radius 3 is 2.68 bits per heavy atom. The number of nitrogens with zero attached hydrogens (tertiary/aromatic N) is 2. The normalized spacial score (nSPS) is 10.9. The molecule has 0 radical (unpaired) electrons. The fourth-order valence-corrected chi connectivity index (χ4v) is 2.88. The Balaban J connectivity index is 1.95. The summed E-state index contributed by atoms with van der Waals surface area (Å²) in [7, 11) is 0. The molecule has 0 aliphatic carbocycles. The number of pyridine rings is 1. The highest BCUT2D eigenvalue weighted by Gasteiger charge is 2.14. The number of amides is 1. The van der Waals surface area contributed by atoms with Gasteiger partial charge in [0.1, 0.15) is 11.3 Å². The van der Waals surface area contributed by atoms with Crippen molar-refractivity contribution in [2.45, 2.75) is 20.8 Å². The number of rotatable bonds is 2. The number of imidazole rings is 1. The van der Waals surface area contributed by atoms with Crippen LogP contribution < -0.4 is 5.32 Å². The first-order chi connectivity index (χ1) is 10.5. The van der Waals surface area contributed by atoms with E-state index in [1.54, 1.807) is 6.20 Å². The van der Waals surface area contributed by atoms with Crippen LogP contribution in [0.2, 0.25) is 5.02 Å². The summed E-state index contributed by atoms with van der Waals surface area (Å²) < 4.78 is 1.89. The minimum atomic E-state index is -0.267. The van der Waals surface area contributed by atoms with Crippen molar-refractivity contribution in [1.29, 1.82) is 0 Å². The number of hydrogen-bond donors (Lipinski definition) is 1. The molecule has 0 fully saturated rings. The third kappa shape index (κ3) is 2.57. The highest BCUT2D eigenvalue weighted by Crippen LogP contribution is 2.27. The van der Waals surface area contributed by atoms with Crippen molar-refractivity contribution >= 4 is 28.8 Å². The zero-order valence-electron chi connectivity index (χ0n) is 12.6. The Bertz CT molecular complexity index is 860. The van der Waals surface area contributed by atoms with Gasteiger partial charge in [0.15, 0.2) is 0 Å². The minimum absolute atomic E-state index is 0.267. The Kier molecular flexibility index (Phi) is 3.62. The van der Waals surface area contributed by atoms with Crippen LogP contribution in [0.4, 0.5) is 5.69 Å². The molecule has 0 saturated heterocycles. The van der Waals surface area contributed by atoms with E-state index in [1.807, 2.05) is 55.5 Å². The Hall–Kier alpha value is -2.33. The predicted octanol–water partition coefficient (Wildman–Crippen LogP) is 4.17. The number of hydrogen-bond acceptors (Lipinski definition) is 2. The molecule has 3 aromatic rings. The Morgan fingerprint density at radius 1 is 1.23 bits per heavy atom. The molecule has 112 valence electrons. The quantitative estimate of drug-likeness (QED) is 0.772. The van der Waals surface area contributed by atoms with Crippen LogP contribution in [0.25, 0.3) is 5.65 Å². The van der Waals surface area contributed by atoms with Crippen LogP contribution in [0.5, 0.6) is 0 Å². The number of aromatic nitrogens is 2. The molecule has 0 aliphatic rings. The first-order valence-electron chi connectivity index (χ1n) is 6.98. The van der Waals surface area contributed by atoms with E-state index in [2.05, 4.69) is 10.3 Å². The summed E-state index contributed by atoms with van der Waals surface area (Å²) in [5, 5.41) is 3.39. The smallest absolute Gasteiger partial charge is 0.275 e. The third-order valence-electron chi connectivity index (χ3n) is 3.60. The van der Waals surface area contributed by atoms with Crippen molar-refractivity contribution < 1.29 is 4.79 Å². The molecule has 2 aromatic heterocycles. The second kappa shape index (κ2) is 5.46. The van der Waals surface area contributed by atoms with Gasteiger partial charge in [-0.15, -0.1) is 0 Å². The molecule has 4 nitrogen and oxygen atoms in total. The van der Waals surface area contributed by atoms with Crippen molar-refractivity contribution in [2.24, 2.45) is 0 Å². The van der Waals surface area contributed by atoms with Crippen molar-refractivity contribution in [3.05, 3.63) is 64.1 Å². The Morgan fingerprint density at radius 2 is 2.00 bits per heavy atom. The van der Waals surface area contributed by atoms with E-state index in [-0.39, 0.29) is 5.91 Å². The van der Waals surface area contributed by atoms with Crippen LogP contribution in [-0.4, -0.2) is 15.3 Å². The summed E-state index contributed by atoms with van der Waals surface area (Å²) in [5.41, 5.74) is 4.75. The molecule has 22 heavy (non-hydrogen) atoms. The van der Waals surface area contributed by atoms with E-state index in [0.717, 1.165) is 22.5 Å². The van der Waals surface area contributed by atoms with Gasteiger partial charge < -0.3 is 9.72 Å². The van der Waals surface area contributed by atoms with Gasteiger partial charge in [-0.2, -0.15) is 0 Å². The molecule has 1 N–H and O–H groups in total. The molecule has 3 rings (SSSR count). The van der Waals surface area contributed by atoms with Crippen molar-refractivity contribution in [2.75, 3.05) is 5.32 Å². The van der Waals surface area contributed by atoms with Gasteiger partial charge in [-0.25, -0.2) is 4.98 Å². The highest BCUT2D eigenvalue weighted by molar-refractivity contribution is 6.34. The van der Waals surface area contributed by atoms with Gasteiger partial charge in [-0.1, -0.05) is 23.7 Å². The van der Waals surface area contributed by atoms with Gasteiger partial charge in [0, 0.05) is 11.9 Å². The largest absolute Gasteiger partial charge is 0.319 e. The molecular weight excluding hydrogens is 298 g/mol. The van der Waals surface area contributed by atoms with Crippen LogP contribution in [0.3, 0.4) is 0 Å². The van der Waals surface area contributed by atoms with E-state index in [1.165, 1.54) is 0 Å². The summed E-state index contributed by atoms with van der Waals surface area (Å²) in [5.74, 6) is -0.267. The number of benzene rings is 1. The Labute approximate surface area is 133 Å². The van der Waals surface area contributed by atoms with Crippen molar-refractivity contribution in [3.63, 3.8) is 0 Å². The van der Waals surface area contributed by atoms with Gasteiger partial charge in [-0.05, 0) is 50.1 Å². The lowest BCUT2D eigenvalue weighted by Gasteiger charge is -2.10. The first kappa shape index (κ1) is 14.6. The van der Waals surface area contributed by atoms with Gasteiger partial charge in [0.05, 0.1) is 10.7 Å². The number of carbonyl (C=O) groups excluding carboxylic acids is 1. The van der Waals surface area contributed by atoms with Gasteiger partial charge in [0.25, 0.3) is 5.91 Å². The van der Waals surface area contributed by atoms with E-state index >= 15 is 0 Å². The summed E-state index contributed by atoms with van der Waals surface area (Å²) in [6, 6.07) is 9.57. The minimum Gasteiger partial charge on any atom is -0.319 e. The predicted molar refractivity (Wildman–Crippen MR) is 88.8 cm³/mol. The lowest BCUT2D eigenvalue weighted by molar-refractivity contribution is 0.102. The van der Waals surface area contributed by atoms with Gasteiger partial charge in [-0.3, -0.25) is 4.79 Å². The summed E-state index contributed by atoms with van der Waals surface area (Å²) in [4.78, 5) is 16.8. The van der Waals surface area contributed by atoms with Gasteiger partial charge in [0.2, 0.25) is 0 Å². The number of aryl methyl sites for hydroxylation is 3. The highest BCUT2D eigenvalue weighted by atomic mass is 35.5. The maximum atomic E-state index is 12.4. The topological polar surface area (TPSA) is 46.4 Å². The fourth-order valence-electron chi connectivity index (χ4n) is 2.51. The molecule has 0 spiro atoms. The van der Waals surface area contributed by atoms with Gasteiger partial charge >= 0.3 is 0 Å². The van der Waals surface area contributed by atoms with Crippen LogP contribution in [0.15, 0.2) is 36.5 Å². The maximum absolute atomic E-state index is 12.4. The molecule has 5 heteroatoms. The third-order valence-corrected chi connectivity index (χ3v) is 3.90. The molecule has 0 unspecified atom stereocenters. The number of anilines is 1. The van der Waals surface area contributed by atoms with Crippen LogP contribution >= 0.6 is 11.6 Å². The SMILES string of the molecule is Cc1cc(C)c(NC(=O)c2cn3c(C)cccc3n2)c(Cl)c1. The molecule has 0 aliphatic heterocycles. The molecule has 1 amide bonds. The second-order valence-corrected chi connectivity index (χ2v) is 5.82. The molecule has 0 bridgehead atoms. The lowest BCUT2D eigenvalue weighted by atomic mass is 10.1. The van der Waals surface area contributed by atoms with E-state index < -0.39 is 0 Å². The number of fused-ring (bicyclic) bond motifs is 1. The zero-order chi connectivity index (χ0) is 15.9. The summed E-state index contributed by atoms with van der Waals surface area (Å²) >= 11 is 6.23. The number of carbonyl (C=O) groups is 1. The average molecular weight is 314 g/mol. The average Bonchev–Trinajstić information content (AvgIpc) is 2.88. The molecule has 2 heterocycles. The van der Waals surface area contributed by atoms with E-state index in [4.69, 9.17) is 11.6 Å². The van der Waals surface area contributed by atoms with Crippen LogP contribution in [0.1, 0.15) is 27.3 Å². The molecule has 0 atom stereocenters. The molecule has 0 saturated carbocycles.